The van der Waals surface area contributed by atoms with Gasteiger partial charge in [-0.3, -0.25) is 14.2 Å². The highest BCUT2D eigenvalue weighted by Crippen LogP contribution is 2.31. The maximum atomic E-state index is 12.6. The van der Waals surface area contributed by atoms with Crippen molar-refractivity contribution in [1.29, 1.82) is 0 Å². The first kappa shape index (κ1) is 20.3. The SMILES string of the molecule is O=C(CCCCCn1c(=S)[nH]c2ccccc2c1=O)NC1CCOc2ccccc21. The minimum Gasteiger partial charge on any atom is -0.493 e. The lowest BCUT2D eigenvalue weighted by atomic mass is 10.0. The van der Waals surface area contributed by atoms with E-state index in [9.17, 15) is 9.59 Å². The lowest BCUT2D eigenvalue weighted by molar-refractivity contribution is -0.122. The third-order valence-corrected chi connectivity index (χ3v) is 5.79. The molecule has 2 N–H and O–H groups in total. The molecule has 0 radical (unpaired) electrons. The maximum Gasteiger partial charge on any atom is 0.262 e. The summed E-state index contributed by atoms with van der Waals surface area (Å²) in [4.78, 5) is 28.1. The summed E-state index contributed by atoms with van der Waals surface area (Å²) in [7, 11) is 0. The Kier molecular flexibility index (Phi) is 6.28. The van der Waals surface area contributed by atoms with Crippen LogP contribution in [-0.4, -0.2) is 22.1 Å². The molecule has 2 aromatic carbocycles. The fourth-order valence-corrected chi connectivity index (χ4v) is 4.18. The average molecular weight is 424 g/mol. The monoisotopic (exact) mass is 423 g/mol. The molecule has 0 saturated heterocycles. The number of benzene rings is 2. The average Bonchev–Trinajstić information content (AvgIpc) is 2.76. The van der Waals surface area contributed by atoms with Crippen molar-refractivity contribution in [3.05, 3.63) is 69.2 Å². The molecule has 0 spiro atoms. The van der Waals surface area contributed by atoms with Crippen LogP contribution in [0, 0.1) is 4.77 Å². The molecule has 1 aliphatic rings. The zero-order valence-corrected chi connectivity index (χ0v) is 17.5. The third-order valence-electron chi connectivity index (χ3n) is 5.47. The van der Waals surface area contributed by atoms with Gasteiger partial charge >= 0.3 is 0 Å². The Morgan fingerprint density at radius 1 is 1.13 bits per heavy atom. The van der Waals surface area contributed by atoms with E-state index in [2.05, 4.69) is 10.3 Å². The van der Waals surface area contributed by atoms with Crippen LogP contribution in [-0.2, 0) is 11.3 Å². The number of H-pyrrole nitrogens is 1. The number of para-hydroxylation sites is 2. The van der Waals surface area contributed by atoms with Crippen molar-refractivity contribution in [2.45, 2.75) is 44.7 Å². The highest BCUT2D eigenvalue weighted by atomic mass is 32.1. The van der Waals surface area contributed by atoms with E-state index in [0.717, 1.165) is 42.5 Å². The predicted molar refractivity (Wildman–Crippen MR) is 119 cm³/mol. The van der Waals surface area contributed by atoms with Gasteiger partial charge in [-0.1, -0.05) is 36.8 Å². The van der Waals surface area contributed by atoms with Crippen LogP contribution in [0.3, 0.4) is 0 Å². The summed E-state index contributed by atoms with van der Waals surface area (Å²) in [5.74, 6) is 0.906. The van der Waals surface area contributed by atoms with E-state index in [1.807, 2.05) is 42.5 Å². The number of hydrogen-bond donors (Lipinski definition) is 2. The number of unbranched alkanes of at least 4 members (excludes halogenated alkanes) is 2. The van der Waals surface area contributed by atoms with E-state index in [4.69, 9.17) is 17.0 Å². The number of amides is 1. The molecule has 6 nitrogen and oxygen atoms in total. The molecule has 0 bridgehead atoms. The first-order valence-electron chi connectivity index (χ1n) is 10.4. The van der Waals surface area contributed by atoms with Crippen LogP contribution in [0.1, 0.15) is 43.7 Å². The van der Waals surface area contributed by atoms with Crippen LogP contribution in [0.15, 0.2) is 53.3 Å². The van der Waals surface area contributed by atoms with E-state index in [-0.39, 0.29) is 17.5 Å². The Hall–Kier alpha value is -2.93. The predicted octanol–water partition coefficient (Wildman–Crippen LogP) is 4.26. The van der Waals surface area contributed by atoms with Gasteiger partial charge in [-0.2, -0.15) is 0 Å². The van der Waals surface area contributed by atoms with Gasteiger partial charge in [0.15, 0.2) is 4.77 Å². The second-order valence-electron chi connectivity index (χ2n) is 7.54. The molecule has 0 saturated carbocycles. The molecular formula is C23H25N3O3S. The zero-order chi connectivity index (χ0) is 20.9. The molecule has 156 valence electrons. The quantitative estimate of drug-likeness (QED) is 0.440. The van der Waals surface area contributed by atoms with Gasteiger partial charge in [-0.25, -0.2) is 0 Å². The fraction of sp³-hybridized carbons (Fsp3) is 0.348. The van der Waals surface area contributed by atoms with E-state index >= 15 is 0 Å². The van der Waals surface area contributed by atoms with E-state index in [1.54, 1.807) is 10.6 Å². The van der Waals surface area contributed by atoms with Gasteiger partial charge in [0.1, 0.15) is 5.75 Å². The standard InChI is InChI=1S/C23H25N3O3S/c27-21(24-19-13-15-29-20-11-6-4-8-16(19)20)12-2-1-7-14-26-22(28)17-9-3-5-10-18(17)25-23(26)30/h3-6,8-11,19H,1-2,7,12-15H2,(H,24,27)(H,25,30). The van der Waals surface area contributed by atoms with Crippen LogP contribution in [0.5, 0.6) is 5.75 Å². The summed E-state index contributed by atoms with van der Waals surface area (Å²) in [6.45, 7) is 1.16. The Balaban J connectivity index is 1.26. The number of fused-ring (bicyclic) bond motifs is 2. The number of ether oxygens (including phenoxy) is 1. The van der Waals surface area contributed by atoms with Crippen molar-refractivity contribution in [2.75, 3.05) is 6.61 Å². The summed E-state index contributed by atoms with van der Waals surface area (Å²) in [5.41, 5.74) is 1.74. The normalized spacial score (nSPS) is 15.4. The Bertz CT molecular complexity index is 1170. The number of rotatable bonds is 7. The van der Waals surface area contributed by atoms with Crippen LogP contribution in [0.4, 0.5) is 0 Å². The number of aromatic nitrogens is 2. The molecule has 0 aliphatic carbocycles. The van der Waals surface area contributed by atoms with E-state index in [0.29, 0.717) is 29.7 Å². The van der Waals surface area contributed by atoms with E-state index in [1.165, 1.54) is 0 Å². The second kappa shape index (κ2) is 9.26. The summed E-state index contributed by atoms with van der Waals surface area (Å²) in [6, 6.07) is 15.2. The van der Waals surface area contributed by atoms with Crippen molar-refractivity contribution < 1.29 is 9.53 Å². The molecule has 1 amide bonds. The molecule has 1 unspecified atom stereocenters. The molecule has 7 heteroatoms. The largest absolute Gasteiger partial charge is 0.493 e. The molecule has 3 aromatic rings. The summed E-state index contributed by atoms with van der Waals surface area (Å²) in [5, 5.41) is 3.77. The minimum absolute atomic E-state index is 0.0111. The first-order valence-corrected chi connectivity index (χ1v) is 10.8. The van der Waals surface area contributed by atoms with Crippen molar-refractivity contribution >= 4 is 29.0 Å². The first-order chi connectivity index (χ1) is 14.6. The van der Waals surface area contributed by atoms with Gasteiger partial charge < -0.3 is 15.0 Å². The Morgan fingerprint density at radius 2 is 1.93 bits per heavy atom. The summed E-state index contributed by atoms with van der Waals surface area (Å²) >= 11 is 5.34. The van der Waals surface area contributed by atoms with Crippen molar-refractivity contribution in [3.8, 4) is 5.75 Å². The minimum atomic E-state index is -0.0646. The van der Waals surface area contributed by atoms with Crippen LogP contribution in [0.25, 0.3) is 10.9 Å². The van der Waals surface area contributed by atoms with Crippen molar-refractivity contribution in [3.63, 3.8) is 0 Å². The molecule has 1 aliphatic heterocycles. The smallest absolute Gasteiger partial charge is 0.262 e. The Labute approximate surface area is 179 Å². The molecule has 2 heterocycles. The summed E-state index contributed by atoms with van der Waals surface area (Å²) in [6.07, 6.45) is 3.68. The highest BCUT2D eigenvalue weighted by Gasteiger charge is 2.22. The van der Waals surface area contributed by atoms with Gasteiger partial charge in [0.05, 0.1) is 23.6 Å². The molecule has 1 aromatic heterocycles. The number of nitrogens with one attached hydrogen (secondary N) is 2. The number of hydrogen-bond acceptors (Lipinski definition) is 4. The van der Waals surface area contributed by atoms with Gasteiger partial charge in [0.2, 0.25) is 5.91 Å². The van der Waals surface area contributed by atoms with Crippen molar-refractivity contribution in [1.82, 2.24) is 14.9 Å². The second-order valence-corrected chi connectivity index (χ2v) is 7.92. The van der Waals surface area contributed by atoms with Crippen LogP contribution < -0.4 is 15.6 Å². The van der Waals surface area contributed by atoms with Crippen molar-refractivity contribution in [2.24, 2.45) is 0 Å². The number of carbonyl (C=O) groups is 1. The lowest BCUT2D eigenvalue weighted by Gasteiger charge is -2.26. The molecular weight excluding hydrogens is 398 g/mol. The van der Waals surface area contributed by atoms with Crippen LogP contribution in [0.2, 0.25) is 0 Å². The maximum absolute atomic E-state index is 12.6. The van der Waals surface area contributed by atoms with Gasteiger partial charge in [0.25, 0.3) is 5.56 Å². The van der Waals surface area contributed by atoms with Crippen LogP contribution >= 0.6 is 12.2 Å². The van der Waals surface area contributed by atoms with Gasteiger partial charge in [-0.05, 0) is 43.3 Å². The highest BCUT2D eigenvalue weighted by molar-refractivity contribution is 7.71. The Morgan fingerprint density at radius 3 is 2.83 bits per heavy atom. The molecule has 1 atom stereocenters. The fourth-order valence-electron chi connectivity index (χ4n) is 3.89. The number of aromatic amines is 1. The lowest BCUT2D eigenvalue weighted by Crippen LogP contribution is -2.31. The number of carbonyl (C=O) groups excluding carboxylic acids is 1. The topological polar surface area (TPSA) is 76.1 Å². The third kappa shape index (κ3) is 4.46. The molecule has 0 fully saturated rings. The van der Waals surface area contributed by atoms with E-state index < -0.39 is 0 Å². The van der Waals surface area contributed by atoms with Gasteiger partial charge in [-0.15, -0.1) is 0 Å². The summed E-state index contributed by atoms with van der Waals surface area (Å²) < 4.78 is 7.69. The van der Waals surface area contributed by atoms with Gasteiger partial charge in [0, 0.05) is 24.9 Å². The zero-order valence-electron chi connectivity index (χ0n) is 16.7. The molecule has 4 rings (SSSR count). The molecule has 30 heavy (non-hydrogen) atoms. The number of nitrogens with zero attached hydrogens (tertiary/aromatic N) is 1.